The van der Waals surface area contributed by atoms with Crippen molar-refractivity contribution in [1.82, 2.24) is 15.5 Å². The highest BCUT2D eigenvalue weighted by molar-refractivity contribution is 5.67. The van der Waals surface area contributed by atoms with E-state index in [2.05, 4.69) is 22.5 Å². The van der Waals surface area contributed by atoms with Gasteiger partial charge in [-0.05, 0) is 46.5 Å². The standard InChI is InChI=1S/C18H35N3O3/c1-14(13-21-8-10-23-11-9-21)20-16-7-5-6-15(16)12-19-17(22)24-18(2,3)4/h14-16,20H,5-13H2,1-4H3,(H,19,22). The molecule has 0 spiro atoms. The molecule has 1 saturated carbocycles. The van der Waals surface area contributed by atoms with Crippen molar-refractivity contribution < 1.29 is 14.3 Å². The Morgan fingerprint density at radius 2 is 2.00 bits per heavy atom. The van der Waals surface area contributed by atoms with Crippen LogP contribution < -0.4 is 10.6 Å². The summed E-state index contributed by atoms with van der Waals surface area (Å²) in [6.07, 6.45) is 3.27. The molecule has 140 valence electrons. The molecule has 2 rings (SSSR count). The van der Waals surface area contributed by atoms with E-state index in [-0.39, 0.29) is 6.09 Å². The summed E-state index contributed by atoms with van der Waals surface area (Å²) in [7, 11) is 0. The van der Waals surface area contributed by atoms with Gasteiger partial charge in [0.2, 0.25) is 0 Å². The van der Waals surface area contributed by atoms with Crippen LogP contribution in [0.5, 0.6) is 0 Å². The van der Waals surface area contributed by atoms with Crippen LogP contribution in [0.3, 0.4) is 0 Å². The lowest BCUT2D eigenvalue weighted by Crippen LogP contribution is -2.49. The molecule has 0 aromatic carbocycles. The number of nitrogens with one attached hydrogen (secondary N) is 2. The minimum atomic E-state index is -0.440. The Kier molecular flexibility index (Phi) is 7.32. The van der Waals surface area contributed by atoms with E-state index < -0.39 is 5.60 Å². The van der Waals surface area contributed by atoms with Crippen LogP contribution in [0.15, 0.2) is 0 Å². The summed E-state index contributed by atoms with van der Waals surface area (Å²) in [5, 5.41) is 6.71. The Balaban J connectivity index is 1.70. The van der Waals surface area contributed by atoms with E-state index in [1.165, 1.54) is 12.8 Å². The smallest absolute Gasteiger partial charge is 0.407 e. The van der Waals surface area contributed by atoms with Crippen molar-refractivity contribution in [2.24, 2.45) is 5.92 Å². The minimum absolute atomic E-state index is 0.311. The Bertz CT molecular complexity index is 391. The molecule has 1 aliphatic heterocycles. The zero-order valence-electron chi connectivity index (χ0n) is 15.8. The van der Waals surface area contributed by atoms with Crippen molar-refractivity contribution in [3.8, 4) is 0 Å². The Hall–Kier alpha value is -0.850. The number of hydrogen-bond donors (Lipinski definition) is 2. The van der Waals surface area contributed by atoms with Crippen molar-refractivity contribution in [3.05, 3.63) is 0 Å². The number of hydrogen-bond acceptors (Lipinski definition) is 5. The van der Waals surface area contributed by atoms with Gasteiger partial charge in [-0.15, -0.1) is 0 Å². The molecule has 1 aliphatic carbocycles. The van der Waals surface area contributed by atoms with Crippen LogP contribution in [0.1, 0.15) is 47.0 Å². The first-order valence-electron chi connectivity index (χ1n) is 9.36. The lowest BCUT2D eigenvalue weighted by atomic mass is 10.0. The monoisotopic (exact) mass is 341 g/mol. The van der Waals surface area contributed by atoms with E-state index in [0.29, 0.717) is 24.5 Å². The van der Waals surface area contributed by atoms with Gasteiger partial charge in [-0.25, -0.2) is 4.79 Å². The fourth-order valence-electron chi connectivity index (χ4n) is 3.62. The summed E-state index contributed by atoms with van der Waals surface area (Å²) in [6, 6.07) is 0.936. The molecule has 0 aromatic heterocycles. The maximum absolute atomic E-state index is 11.8. The van der Waals surface area contributed by atoms with Gasteiger partial charge in [0.1, 0.15) is 5.60 Å². The molecule has 24 heavy (non-hydrogen) atoms. The van der Waals surface area contributed by atoms with Gasteiger partial charge in [0, 0.05) is 38.3 Å². The number of ether oxygens (including phenoxy) is 2. The topological polar surface area (TPSA) is 62.8 Å². The minimum Gasteiger partial charge on any atom is -0.444 e. The highest BCUT2D eigenvalue weighted by Gasteiger charge is 2.29. The zero-order chi connectivity index (χ0) is 17.6. The largest absolute Gasteiger partial charge is 0.444 e. The van der Waals surface area contributed by atoms with Crippen LogP contribution in [0.4, 0.5) is 4.79 Å². The number of carbonyl (C=O) groups is 1. The molecule has 3 atom stereocenters. The number of amides is 1. The van der Waals surface area contributed by atoms with Crippen LogP contribution in [-0.4, -0.2) is 68.1 Å². The number of alkyl carbamates (subject to hydrolysis) is 1. The maximum atomic E-state index is 11.8. The van der Waals surface area contributed by atoms with Gasteiger partial charge in [-0.1, -0.05) is 6.42 Å². The average Bonchev–Trinajstić information content (AvgIpc) is 2.91. The SMILES string of the molecule is CC(CN1CCOCC1)NC1CCCC1CNC(=O)OC(C)(C)C. The number of morpholine rings is 1. The van der Waals surface area contributed by atoms with Crippen LogP contribution in [0, 0.1) is 5.92 Å². The molecular formula is C18H35N3O3. The number of rotatable bonds is 6. The van der Waals surface area contributed by atoms with Crippen LogP contribution in [0.2, 0.25) is 0 Å². The fraction of sp³-hybridized carbons (Fsp3) is 0.944. The van der Waals surface area contributed by atoms with E-state index in [1.807, 2.05) is 20.8 Å². The summed E-state index contributed by atoms with van der Waals surface area (Å²) in [6.45, 7) is 13.4. The third kappa shape index (κ3) is 6.95. The second-order valence-electron chi connectivity index (χ2n) is 8.16. The molecule has 0 bridgehead atoms. The van der Waals surface area contributed by atoms with Crippen LogP contribution in [0.25, 0.3) is 0 Å². The molecule has 1 saturated heterocycles. The Morgan fingerprint density at radius 3 is 2.67 bits per heavy atom. The molecule has 6 heteroatoms. The van der Waals surface area contributed by atoms with Crippen molar-refractivity contribution in [1.29, 1.82) is 0 Å². The quantitative estimate of drug-likeness (QED) is 0.774. The molecule has 2 N–H and O–H groups in total. The van der Waals surface area contributed by atoms with Gasteiger partial charge in [0.25, 0.3) is 0 Å². The normalized spacial score (nSPS) is 27.0. The summed E-state index contributed by atoms with van der Waals surface area (Å²) in [5.74, 6) is 0.490. The van der Waals surface area contributed by atoms with E-state index in [4.69, 9.17) is 9.47 Å². The van der Waals surface area contributed by atoms with E-state index in [9.17, 15) is 4.79 Å². The van der Waals surface area contributed by atoms with Gasteiger partial charge in [-0.2, -0.15) is 0 Å². The first kappa shape index (κ1) is 19.5. The second kappa shape index (κ2) is 9.02. The molecule has 6 nitrogen and oxygen atoms in total. The van der Waals surface area contributed by atoms with Gasteiger partial charge in [0.05, 0.1) is 13.2 Å². The number of nitrogens with zero attached hydrogens (tertiary/aromatic N) is 1. The summed E-state index contributed by atoms with van der Waals surface area (Å²) in [4.78, 5) is 14.3. The first-order valence-corrected chi connectivity index (χ1v) is 9.36. The summed E-state index contributed by atoms with van der Waals surface area (Å²) in [5.41, 5.74) is -0.440. The maximum Gasteiger partial charge on any atom is 0.407 e. The van der Waals surface area contributed by atoms with Crippen molar-refractivity contribution >= 4 is 6.09 Å². The van der Waals surface area contributed by atoms with Crippen LogP contribution in [-0.2, 0) is 9.47 Å². The predicted octanol–water partition coefficient (Wildman–Crippen LogP) is 1.99. The lowest BCUT2D eigenvalue weighted by Gasteiger charge is -2.32. The average molecular weight is 341 g/mol. The highest BCUT2D eigenvalue weighted by Crippen LogP contribution is 2.25. The first-order chi connectivity index (χ1) is 11.3. The van der Waals surface area contributed by atoms with Crippen molar-refractivity contribution in [2.75, 3.05) is 39.4 Å². The second-order valence-corrected chi connectivity index (χ2v) is 8.16. The summed E-state index contributed by atoms with van der Waals surface area (Å²) < 4.78 is 10.7. The zero-order valence-corrected chi connectivity index (χ0v) is 15.8. The Morgan fingerprint density at radius 1 is 1.29 bits per heavy atom. The van der Waals surface area contributed by atoms with E-state index >= 15 is 0 Å². The van der Waals surface area contributed by atoms with Crippen LogP contribution >= 0.6 is 0 Å². The third-order valence-electron chi connectivity index (χ3n) is 4.70. The van der Waals surface area contributed by atoms with Gasteiger partial charge < -0.3 is 20.1 Å². The van der Waals surface area contributed by atoms with Crippen molar-refractivity contribution in [2.45, 2.75) is 64.6 Å². The van der Waals surface area contributed by atoms with E-state index in [1.54, 1.807) is 0 Å². The summed E-state index contributed by atoms with van der Waals surface area (Å²) >= 11 is 0. The van der Waals surface area contributed by atoms with Crippen molar-refractivity contribution in [3.63, 3.8) is 0 Å². The highest BCUT2D eigenvalue weighted by atomic mass is 16.6. The van der Waals surface area contributed by atoms with Gasteiger partial charge >= 0.3 is 6.09 Å². The molecular weight excluding hydrogens is 306 g/mol. The lowest BCUT2D eigenvalue weighted by molar-refractivity contribution is 0.0335. The molecule has 1 heterocycles. The predicted molar refractivity (Wildman–Crippen MR) is 95.2 cm³/mol. The molecule has 3 unspecified atom stereocenters. The van der Waals surface area contributed by atoms with E-state index in [0.717, 1.165) is 39.3 Å². The third-order valence-corrected chi connectivity index (χ3v) is 4.70. The molecule has 2 fully saturated rings. The molecule has 1 amide bonds. The molecule has 0 radical (unpaired) electrons. The molecule has 2 aliphatic rings. The van der Waals surface area contributed by atoms with Gasteiger partial charge in [-0.3, -0.25) is 4.90 Å². The molecule has 0 aromatic rings. The fourth-order valence-corrected chi connectivity index (χ4v) is 3.62. The number of carbonyl (C=O) groups excluding carboxylic acids is 1. The Labute approximate surface area is 146 Å². The van der Waals surface area contributed by atoms with Gasteiger partial charge in [0.15, 0.2) is 0 Å².